The van der Waals surface area contributed by atoms with Crippen LogP contribution >= 0.6 is 0 Å². The molecule has 0 aliphatic heterocycles. The first-order valence-corrected chi connectivity index (χ1v) is 8.80. The third-order valence-electron chi connectivity index (χ3n) is 4.07. The van der Waals surface area contributed by atoms with Gasteiger partial charge in [-0.2, -0.15) is 0 Å². The molecule has 26 heavy (non-hydrogen) atoms. The zero-order valence-corrected chi connectivity index (χ0v) is 16.4. The van der Waals surface area contributed by atoms with Gasteiger partial charge in [-0.15, -0.1) is 0 Å². The highest BCUT2D eigenvalue weighted by Gasteiger charge is 2.15. The van der Waals surface area contributed by atoms with Gasteiger partial charge in [-0.3, -0.25) is 4.48 Å². The Hall–Kier alpha value is -2.65. The molecular weight excluding hydrogens is 322 g/mol. The Morgan fingerprint density at radius 1 is 0.962 bits per heavy atom. The second kappa shape index (κ2) is 8.15. The number of carbonyl (C=O) groups excluding carboxylic acids is 1. The molecule has 3 rings (SSSR count). The summed E-state index contributed by atoms with van der Waals surface area (Å²) in [5.41, 5.74) is 1.81. The maximum Gasteiger partial charge on any atom is 0.333 e. The number of esters is 1. The minimum Gasteiger partial charge on any atom is -0.463 e. The molecule has 3 heteroatoms. The van der Waals surface area contributed by atoms with Gasteiger partial charge in [-0.1, -0.05) is 43.0 Å². The molecule has 0 aliphatic carbocycles. The fraction of sp³-hybridized carbons (Fsp3) is 0.261. The monoisotopic (exact) mass is 350 g/mol. The highest BCUT2D eigenvalue weighted by molar-refractivity contribution is 6.03. The van der Waals surface area contributed by atoms with Crippen molar-refractivity contribution >= 4 is 33.2 Å². The van der Waals surface area contributed by atoms with Crippen LogP contribution < -0.4 is 4.48 Å². The number of nitrogens with zero attached hydrogens (tertiary/aromatic N) is 1. The largest absolute Gasteiger partial charge is 0.463 e. The van der Waals surface area contributed by atoms with Crippen molar-refractivity contribution < 1.29 is 9.53 Å². The number of rotatable bonds is 3. The molecule has 3 aromatic rings. The summed E-state index contributed by atoms with van der Waals surface area (Å²) in [6, 6.07) is 19.7. The summed E-state index contributed by atoms with van der Waals surface area (Å²) in [6.45, 7) is 7.21. The number of carbonyl (C=O) groups is 1. The van der Waals surface area contributed by atoms with Crippen molar-refractivity contribution in [1.82, 2.24) is 4.48 Å². The summed E-state index contributed by atoms with van der Waals surface area (Å²) in [6.07, 6.45) is 0. The Labute approximate surface area is 156 Å². The van der Waals surface area contributed by atoms with Crippen LogP contribution in [0, 0.1) is 0 Å². The molecule has 0 saturated heterocycles. The molecule has 0 heterocycles. The molecule has 0 N–H and O–H groups in total. The highest BCUT2D eigenvalue weighted by atomic mass is 16.5. The predicted molar refractivity (Wildman–Crippen MR) is 112 cm³/mol. The lowest BCUT2D eigenvalue weighted by molar-refractivity contribution is -0.138. The van der Waals surface area contributed by atoms with Crippen LogP contribution in [0.2, 0.25) is 0 Å². The zero-order valence-electron chi connectivity index (χ0n) is 16.4. The van der Waals surface area contributed by atoms with Crippen molar-refractivity contribution in [3.8, 4) is 0 Å². The number of fused-ring (bicyclic) bond motifs is 2. The molecule has 0 bridgehead atoms. The van der Waals surface area contributed by atoms with Crippen LogP contribution in [0.5, 0.6) is 0 Å². The smallest absolute Gasteiger partial charge is 0.333 e. The first-order chi connectivity index (χ1) is 12.2. The maximum absolute atomic E-state index is 10.4. The molecule has 0 fully saturated rings. The molecule has 3 aromatic carbocycles. The quantitative estimate of drug-likeness (QED) is 0.277. The SMILES string of the molecule is C=C(C)C(=O)OCC.C[N+](C)(C)c1cccc2cc3ccccc3cc12. The highest BCUT2D eigenvalue weighted by Crippen LogP contribution is 2.31. The van der Waals surface area contributed by atoms with E-state index in [0.29, 0.717) is 12.2 Å². The number of hydrogen-bond acceptors (Lipinski definition) is 2. The molecular formula is C23H28NO2+. The molecule has 136 valence electrons. The molecule has 0 radical (unpaired) electrons. The molecule has 0 atom stereocenters. The second-order valence-electron chi connectivity index (χ2n) is 7.21. The fourth-order valence-electron chi connectivity index (χ4n) is 2.79. The van der Waals surface area contributed by atoms with E-state index in [1.807, 2.05) is 0 Å². The van der Waals surface area contributed by atoms with E-state index >= 15 is 0 Å². The maximum atomic E-state index is 10.4. The van der Waals surface area contributed by atoms with Crippen molar-refractivity contribution in [1.29, 1.82) is 0 Å². The number of ether oxygens (including phenoxy) is 1. The van der Waals surface area contributed by atoms with Gasteiger partial charge in [-0.05, 0) is 48.2 Å². The van der Waals surface area contributed by atoms with Crippen LogP contribution in [0.4, 0.5) is 5.69 Å². The fourth-order valence-corrected chi connectivity index (χ4v) is 2.79. The van der Waals surface area contributed by atoms with Crippen LogP contribution in [0.3, 0.4) is 0 Å². The normalized spacial score (nSPS) is 11.0. The lowest BCUT2D eigenvalue weighted by Crippen LogP contribution is -2.34. The van der Waals surface area contributed by atoms with Gasteiger partial charge in [0.15, 0.2) is 0 Å². The van der Waals surface area contributed by atoms with Gasteiger partial charge in [0.25, 0.3) is 0 Å². The van der Waals surface area contributed by atoms with Gasteiger partial charge in [0.05, 0.1) is 27.7 Å². The van der Waals surface area contributed by atoms with Crippen LogP contribution in [0.1, 0.15) is 13.8 Å². The Bertz CT molecular complexity index is 936. The van der Waals surface area contributed by atoms with Gasteiger partial charge in [0.2, 0.25) is 0 Å². The van der Waals surface area contributed by atoms with Crippen molar-refractivity contribution in [2.24, 2.45) is 0 Å². The minimum atomic E-state index is -0.312. The lowest BCUT2D eigenvalue weighted by atomic mass is 10.0. The summed E-state index contributed by atoms with van der Waals surface area (Å²) in [4.78, 5) is 10.4. The van der Waals surface area contributed by atoms with E-state index in [0.717, 1.165) is 4.48 Å². The Kier molecular flexibility index (Phi) is 6.17. The van der Waals surface area contributed by atoms with Crippen molar-refractivity contribution in [2.45, 2.75) is 13.8 Å². The zero-order chi connectivity index (χ0) is 19.3. The summed E-state index contributed by atoms with van der Waals surface area (Å²) in [5, 5.41) is 5.29. The van der Waals surface area contributed by atoms with Crippen molar-refractivity contribution in [2.75, 3.05) is 27.7 Å². The van der Waals surface area contributed by atoms with Gasteiger partial charge in [0, 0.05) is 11.0 Å². The topological polar surface area (TPSA) is 26.3 Å². The van der Waals surface area contributed by atoms with Gasteiger partial charge in [-0.25, -0.2) is 4.79 Å². The molecule has 0 spiro atoms. The number of quaternary nitrogens is 1. The third kappa shape index (κ3) is 4.70. The molecule has 0 aromatic heterocycles. The standard InChI is InChI=1S/C17H18N.C6H10O2/c1-18(2,3)17-10-6-9-15-11-13-7-4-5-8-14(13)12-16(15)17;1-4-8-6(7)5(2)3/h4-12H,1-3H3;2,4H2,1,3H3/q+1;. The Balaban J connectivity index is 0.000000260. The van der Waals surface area contributed by atoms with E-state index in [1.54, 1.807) is 13.8 Å². The van der Waals surface area contributed by atoms with Gasteiger partial charge < -0.3 is 4.74 Å². The molecule has 0 amide bonds. The lowest BCUT2D eigenvalue weighted by Gasteiger charge is -2.25. The third-order valence-corrected chi connectivity index (χ3v) is 4.07. The van der Waals surface area contributed by atoms with Crippen molar-refractivity contribution in [3.63, 3.8) is 0 Å². The van der Waals surface area contributed by atoms with Crippen molar-refractivity contribution in [3.05, 3.63) is 66.7 Å². The Morgan fingerprint density at radius 3 is 2.04 bits per heavy atom. The second-order valence-corrected chi connectivity index (χ2v) is 7.21. The van der Waals surface area contributed by atoms with Gasteiger partial charge in [0.1, 0.15) is 5.69 Å². The first-order valence-electron chi connectivity index (χ1n) is 8.80. The number of hydrogen-bond donors (Lipinski definition) is 0. The molecule has 3 nitrogen and oxygen atoms in total. The van der Waals surface area contributed by atoms with E-state index in [-0.39, 0.29) is 5.97 Å². The van der Waals surface area contributed by atoms with E-state index in [2.05, 4.69) is 87.1 Å². The summed E-state index contributed by atoms with van der Waals surface area (Å²) in [7, 11) is 6.64. The van der Waals surface area contributed by atoms with Gasteiger partial charge >= 0.3 is 5.97 Å². The number of benzene rings is 3. The van der Waals surface area contributed by atoms with E-state index < -0.39 is 0 Å². The van der Waals surface area contributed by atoms with E-state index in [9.17, 15) is 4.79 Å². The first kappa shape index (κ1) is 19.7. The predicted octanol–water partition coefficient (Wildman–Crippen LogP) is 5.32. The molecule has 0 saturated carbocycles. The van der Waals surface area contributed by atoms with Crippen LogP contribution in [-0.4, -0.2) is 33.7 Å². The molecule has 0 unspecified atom stereocenters. The van der Waals surface area contributed by atoms with Crippen LogP contribution in [0.25, 0.3) is 21.5 Å². The van der Waals surface area contributed by atoms with E-state index in [4.69, 9.17) is 0 Å². The minimum absolute atomic E-state index is 0.312. The average Bonchev–Trinajstić information content (AvgIpc) is 2.59. The summed E-state index contributed by atoms with van der Waals surface area (Å²) >= 11 is 0. The van der Waals surface area contributed by atoms with E-state index in [1.165, 1.54) is 27.2 Å². The summed E-state index contributed by atoms with van der Waals surface area (Å²) in [5.74, 6) is -0.312. The summed E-state index contributed by atoms with van der Waals surface area (Å²) < 4.78 is 5.41. The molecule has 0 aliphatic rings. The average molecular weight is 350 g/mol. The van der Waals surface area contributed by atoms with Crippen LogP contribution in [0.15, 0.2) is 66.7 Å². The Morgan fingerprint density at radius 2 is 1.54 bits per heavy atom. The van der Waals surface area contributed by atoms with Crippen LogP contribution in [-0.2, 0) is 9.53 Å².